The van der Waals surface area contributed by atoms with Crippen molar-refractivity contribution in [3.05, 3.63) is 51.9 Å². The summed E-state index contributed by atoms with van der Waals surface area (Å²) in [6, 6.07) is 6.70. The Morgan fingerprint density at radius 1 is 1.42 bits per heavy atom. The van der Waals surface area contributed by atoms with Crippen LogP contribution in [0.4, 0.5) is 0 Å². The summed E-state index contributed by atoms with van der Waals surface area (Å²) in [5.74, 6) is -0.392. The molecule has 24 heavy (non-hydrogen) atoms. The molecule has 7 nitrogen and oxygen atoms in total. The topological polar surface area (TPSA) is 92.2 Å². The number of hydrogen-bond donors (Lipinski definition) is 2. The van der Waals surface area contributed by atoms with Crippen molar-refractivity contribution in [1.82, 2.24) is 19.3 Å². The van der Waals surface area contributed by atoms with Gasteiger partial charge in [0.05, 0.1) is 10.9 Å². The molecule has 3 heterocycles. The van der Waals surface area contributed by atoms with E-state index in [1.54, 1.807) is 22.9 Å². The number of hydrogen-bond acceptors (Lipinski definition) is 4. The first-order valence-corrected chi connectivity index (χ1v) is 7.83. The van der Waals surface area contributed by atoms with Crippen molar-refractivity contribution in [2.24, 2.45) is 0 Å². The molecular formula is C17H19N5O2. The predicted molar refractivity (Wildman–Crippen MR) is 91.2 cm³/mol. The molecule has 0 aliphatic carbocycles. The molecule has 124 valence electrons. The minimum Gasteiger partial charge on any atom is -0.355 e. The van der Waals surface area contributed by atoms with E-state index in [1.807, 2.05) is 19.9 Å². The standard InChI is InChI=1S/C17H19N5O2/c1-4-10(2)22-14(18)11(16(23)19-3)9-12-15(22)20-13-7-5-6-8-21(13)17(12)24/h5-10,18H,4H2,1-3H3,(H,19,23)/t10-/m0/s1. The lowest BCUT2D eigenvalue weighted by Crippen LogP contribution is -2.34. The molecule has 3 aromatic heterocycles. The van der Waals surface area contributed by atoms with Crippen molar-refractivity contribution < 1.29 is 4.79 Å². The van der Waals surface area contributed by atoms with Crippen LogP contribution in [0.15, 0.2) is 35.3 Å². The van der Waals surface area contributed by atoms with Gasteiger partial charge in [0.1, 0.15) is 16.8 Å². The van der Waals surface area contributed by atoms with Crippen molar-refractivity contribution in [3.63, 3.8) is 0 Å². The average molecular weight is 325 g/mol. The number of pyridine rings is 2. The summed E-state index contributed by atoms with van der Waals surface area (Å²) in [5.41, 5.74) is 0.915. The lowest BCUT2D eigenvalue weighted by molar-refractivity contribution is 0.0960. The number of nitrogens with zero attached hydrogens (tertiary/aromatic N) is 3. The van der Waals surface area contributed by atoms with Crippen LogP contribution < -0.4 is 16.4 Å². The second-order valence-electron chi connectivity index (χ2n) is 5.70. The first kappa shape index (κ1) is 15.9. The third kappa shape index (κ3) is 2.29. The maximum atomic E-state index is 12.8. The first-order valence-electron chi connectivity index (χ1n) is 7.83. The number of rotatable bonds is 3. The van der Waals surface area contributed by atoms with Crippen LogP contribution in [0, 0.1) is 5.41 Å². The van der Waals surface area contributed by atoms with Gasteiger partial charge in [-0.2, -0.15) is 0 Å². The van der Waals surface area contributed by atoms with Gasteiger partial charge < -0.3 is 9.88 Å². The van der Waals surface area contributed by atoms with E-state index in [1.165, 1.54) is 17.5 Å². The van der Waals surface area contributed by atoms with Gasteiger partial charge >= 0.3 is 0 Å². The van der Waals surface area contributed by atoms with Crippen LogP contribution in [0.5, 0.6) is 0 Å². The number of carbonyl (C=O) groups excluding carboxylic acids is 1. The highest BCUT2D eigenvalue weighted by molar-refractivity contribution is 5.96. The molecule has 2 N–H and O–H groups in total. The Bertz CT molecular complexity index is 1060. The highest BCUT2D eigenvalue weighted by atomic mass is 16.1. The van der Waals surface area contributed by atoms with E-state index in [0.717, 1.165) is 6.42 Å². The van der Waals surface area contributed by atoms with Crippen LogP contribution >= 0.6 is 0 Å². The van der Waals surface area contributed by atoms with Gasteiger partial charge in [0.25, 0.3) is 11.5 Å². The second kappa shape index (κ2) is 5.92. The molecule has 0 bridgehead atoms. The summed E-state index contributed by atoms with van der Waals surface area (Å²) in [7, 11) is 1.51. The fourth-order valence-corrected chi connectivity index (χ4v) is 2.77. The van der Waals surface area contributed by atoms with E-state index in [-0.39, 0.29) is 22.7 Å². The monoisotopic (exact) mass is 325 g/mol. The van der Waals surface area contributed by atoms with Gasteiger partial charge in [-0.1, -0.05) is 13.0 Å². The maximum Gasteiger partial charge on any atom is 0.267 e. The zero-order valence-electron chi connectivity index (χ0n) is 13.8. The van der Waals surface area contributed by atoms with Crippen LogP contribution in [0.1, 0.15) is 36.7 Å². The Labute approximate surface area is 138 Å². The maximum absolute atomic E-state index is 12.8. The Balaban J connectivity index is 2.57. The molecule has 0 fully saturated rings. The molecule has 0 saturated carbocycles. The van der Waals surface area contributed by atoms with Gasteiger partial charge in [-0.05, 0) is 31.5 Å². The molecule has 0 saturated heterocycles. The third-order valence-corrected chi connectivity index (χ3v) is 4.27. The lowest BCUT2D eigenvalue weighted by atomic mass is 10.1. The molecule has 1 amide bonds. The summed E-state index contributed by atoms with van der Waals surface area (Å²) in [5, 5.41) is 11.3. The van der Waals surface area contributed by atoms with Gasteiger partial charge in [0, 0.05) is 19.3 Å². The highest BCUT2D eigenvalue weighted by Gasteiger charge is 2.18. The van der Waals surface area contributed by atoms with E-state index >= 15 is 0 Å². The Kier molecular flexibility index (Phi) is 3.92. The third-order valence-electron chi connectivity index (χ3n) is 4.27. The molecule has 3 aromatic rings. The molecular weight excluding hydrogens is 306 g/mol. The van der Waals surface area contributed by atoms with Crippen LogP contribution in [0.25, 0.3) is 16.7 Å². The smallest absolute Gasteiger partial charge is 0.267 e. The quantitative estimate of drug-likeness (QED) is 0.714. The van der Waals surface area contributed by atoms with Crippen LogP contribution in [0.2, 0.25) is 0 Å². The molecule has 0 aliphatic rings. The van der Waals surface area contributed by atoms with Gasteiger partial charge in [-0.15, -0.1) is 0 Å². The fraction of sp³-hybridized carbons (Fsp3) is 0.294. The van der Waals surface area contributed by atoms with E-state index in [0.29, 0.717) is 16.7 Å². The number of carbonyl (C=O) groups is 1. The van der Waals surface area contributed by atoms with Gasteiger partial charge in [-0.25, -0.2) is 4.98 Å². The van der Waals surface area contributed by atoms with Gasteiger partial charge in [-0.3, -0.25) is 19.4 Å². The minimum absolute atomic E-state index is 0.0587. The zero-order chi connectivity index (χ0) is 17.4. The van der Waals surface area contributed by atoms with E-state index < -0.39 is 5.91 Å². The molecule has 0 aliphatic heterocycles. The van der Waals surface area contributed by atoms with Crippen molar-refractivity contribution >= 4 is 22.6 Å². The van der Waals surface area contributed by atoms with E-state index in [9.17, 15) is 9.59 Å². The van der Waals surface area contributed by atoms with Gasteiger partial charge in [0.15, 0.2) is 0 Å². The van der Waals surface area contributed by atoms with Crippen molar-refractivity contribution in [2.45, 2.75) is 26.3 Å². The minimum atomic E-state index is -0.392. The molecule has 3 rings (SSSR count). The summed E-state index contributed by atoms with van der Waals surface area (Å²) >= 11 is 0. The normalized spacial score (nSPS) is 12.5. The van der Waals surface area contributed by atoms with Crippen molar-refractivity contribution in [1.29, 1.82) is 5.41 Å². The van der Waals surface area contributed by atoms with E-state index in [4.69, 9.17) is 5.41 Å². The zero-order valence-corrected chi connectivity index (χ0v) is 13.8. The summed E-state index contributed by atoms with van der Waals surface area (Å²) in [6.07, 6.45) is 2.39. The lowest BCUT2D eigenvalue weighted by Gasteiger charge is -2.19. The van der Waals surface area contributed by atoms with Gasteiger partial charge in [0.2, 0.25) is 0 Å². The Morgan fingerprint density at radius 3 is 2.83 bits per heavy atom. The Hall–Kier alpha value is -2.96. The number of aromatic nitrogens is 3. The Morgan fingerprint density at radius 2 is 2.17 bits per heavy atom. The fourth-order valence-electron chi connectivity index (χ4n) is 2.77. The molecule has 0 spiro atoms. The van der Waals surface area contributed by atoms with Crippen molar-refractivity contribution in [3.8, 4) is 0 Å². The SMILES string of the molecule is CC[C@H](C)n1c(=N)c(C(=O)NC)cc2c(=O)n3ccccc3nc21. The van der Waals surface area contributed by atoms with E-state index in [2.05, 4.69) is 10.3 Å². The van der Waals surface area contributed by atoms with Crippen molar-refractivity contribution in [2.75, 3.05) is 7.05 Å². The first-order chi connectivity index (χ1) is 11.5. The number of amides is 1. The highest BCUT2D eigenvalue weighted by Crippen LogP contribution is 2.16. The largest absolute Gasteiger partial charge is 0.355 e. The summed E-state index contributed by atoms with van der Waals surface area (Å²) in [6.45, 7) is 3.93. The molecule has 0 aromatic carbocycles. The molecule has 7 heteroatoms. The number of nitrogens with one attached hydrogen (secondary N) is 2. The van der Waals surface area contributed by atoms with Crippen LogP contribution in [-0.2, 0) is 0 Å². The average Bonchev–Trinajstić information content (AvgIpc) is 2.60. The van der Waals surface area contributed by atoms with Crippen LogP contribution in [-0.4, -0.2) is 26.9 Å². The number of fused-ring (bicyclic) bond motifs is 2. The predicted octanol–water partition coefficient (Wildman–Crippen LogP) is 1.46. The summed E-state index contributed by atoms with van der Waals surface area (Å²) < 4.78 is 3.11. The second-order valence-corrected chi connectivity index (χ2v) is 5.70. The summed E-state index contributed by atoms with van der Waals surface area (Å²) in [4.78, 5) is 29.6. The molecule has 1 atom stereocenters. The molecule has 0 radical (unpaired) electrons. The van der Waals surface area contributed by atoms with Crippen LogP contribution in [0.3, 0.4) is 0 Å². The molecule has 0 unspecified atom stereocenters.